The molecule has 0 unspecified atom stereocenters. The van der Waals surface area contributed by atoms with E-state index in [0.717, 1.165) is 37.0 Å². The predicted octanol–water partition coefficient (Wildman–Crippen LogP) is 2.17. The van der Waals surface area contributed by atoms with Gasteiger partial charge in [0.05, 0.1) is 0 Å². The van der Waals surface area contributed by atoms with Crippen LogP contribution in [0.25, 0.3) is 0 Å². The third-order valence-corrected chi connectivity index (χ3v) is 2.70. The van der Waals surface area contributed by atoms with Crippen LogP contribution in [0.3, 0.4) is 0 Å². The van der Waals surface area contributed by atoms with Crippen molar-refractivity contribution < 1.29 is 0 Å². The summed E-state index contributed by atoms with van der Waals surface area (Å²) in [5.74, 6) is 2.57. The first-order chi connectivity index (χ1) is 8.81. The number of hydrogen-bond acceptors (Lipinski definition) is 5. The zero-order valence-electron chi connectivity index (χ0n) is 12.8. The van der Waals surface area contributed by atoms with Crippen molar-refractivity contribution in [3.05, 3.63) is 11.9 Å². The van der Waals surface area contributed by atoms with Gasteiger partial charge in [0.2, 0.25) is 0 Å². The summed E-state index contributed by atoms with van der Waals surface area (Å²) in [4.78, 5) is 10.9. The van der Waals surface area contributed by atoms with Crippen LogP contribution in [0, 0.1) is 6.92 Å². The fourth-order valence-electron chi connectivity index (χ4n) is 1.92. The topological polar surface area (TPSA) is 67.1 Å². The lowest BCUT2D eigenvalue weighted by molar-refractivity contribution is 0.517. The lowest BCUT2D eigenvalue weighted by atomic mass is 10.1. The molecule has 19 heavy (non-hydrogen) atoms. The van der Waals surface area contributed by atoms with Crippen LogP contribution in [0.2, 0.25) is 0 Å². The maximum Gasteiger partial charge on any atom is 0.134 e. The van der Waals surface area contributed by atoms with Gasteiger partial charge in [-0.2, -0.15) is 0 Å². The van der Waals surface area contributed by atoms with E-state index in [0.29, 0.717) is 0 Å². The number of nitrogens with zero attached hydrogens (tertiary/aromatic N) is 3. The average molecular weight is 265 g/mol. The highest BCUT2D eigenvalue weighted by Crippen LogP contribution is 2.16. The van der Waals surface area contributed by atoms with Crippen LogP contribution in [0.5, 0.6) is 0 Å². The molecule has 108 valence electrons. The minimum Gasteiger partial charge on any atom is -0.370 e. The van der Waals surface area contributed by atoms with E-state index in [9.17, 15) is 0 Å². The Labute approximate surface area is 116 Å². The van der Waals surface area contributed by atoms with Gasteiger partial charge >= 0.3 is 0 Å². The molecule has 0 spiro atoms. The summed E-state index contributed by atoms with van der Waals surface area (Å²) < 4.78 is 0. The molecule has 0 atom stereocenters. The quantitative estimate of drug-likeness (QED) is 0.740. The minimum atomic E-state index is -0.247. The number of aromatic nitrogens is 2. The molecule has 5 nitrogen and oxygen atoms in total. The Balaban J connectivity index is 2.78. The van der Waals surface area contributed by atoms with Crippen molar-refractivity contribution in [3.63, 3.8) is 0 Å². The number of likely N-dealkylation sites (N-methyl/N-ethyl adjacent to an activating group) is 1. The van der Waals surface area contributed by atoms with Crippen molar-refractivity contribution >= 4 is 11.6 Å². The number of nitrogens with one attached hydrogen (secondary N) is 1. The Morgan fingerprint density at radius 3 is 2.63 bits per heavy atom. The van der Waals surface area contributed by atoms with Crippen LogP contribution in [-0.4, -0.2) is 35.6 Å². The number of hydrogen-bond donors (Lipinski definition) is 2. The van der Waals surface area contributed by atoms with Crippen LogP contribution in [0.15, 0.2) is 6.07 Å². The van der Waals surface area contributed by atoms with E-state index in [1.165, 1.54) is 6.42 Å². The SMILES string of the molecule is CCCCNc1cc(N(C)CC(C)(C)N)nc(C)n1. The van der Waals surface area contributed by atoms with Crippen LogP contribution >= 0.6 is 0 Å². The van der Waals surface area contributed by atoms with Crippen LogP contribution in [-0.2, 0) is 0 Å². The standard InChI is InChI=1S/C14H27N5/c1-6-7-8-16-12-9-13(18-11(2)17-12)19(5)10-14(3,4)15/h9H,6-8,10,15H2,1-5H3,(H,16,17,18). The van der Waals surface area contributed by atoms with Crippen molar-refractivity contribution in [2.45, 2.75) is 46.1 Å². The number of rotatable bonds is 7. The third kappa shape index (κ3) is 5.87. The maximum atomic E-state index is 6.05. The van der Waals surface area contributed by atoms with E-state index in [2.05, 4.69) is 27.1 Å². The van der Waals surface area contributed by atoms with Gasteiger partial charge in [0.1, 0.15) is 17.5 Å². The summed E-state index contributed by atoms with van der Waals surface area (Å²) in [6, 6.07) is 1.98. The first-order valence-corrected chi connectivity index (χ1v) is 6.91. The number of unbranched alkanes of at least 4 members (excludes halogenated alkanes) is 1. The zero-order chi connectivity index (χ0) is 14.5. The molecule has 0 saturated heterocycles. The second kappa shape index (κ2) is 6.70. The summed E-state index contributed by atoms with van der Waals surface area (Å²) in [7, 11) is 2.01. The van der Waals surface area contributed by atoms with Gasteiger partial charge in [-0.1, -0.05) is 13.3 Å². The predicted molar refractivity (Wildman–Crippen MR) is 81.7 cm³/mol. The van der Waals surface area contributed by atoms with E-state index in [-0.39, 0.29) is 5.54 Å². The molecular weight excluding hydrogens is 238 g/mol. The molecule has 0 radical (unpaired) electrons. The fraction of sp³-hybridized carbons (Fsp3) is 0.714. The monoisotopic (exact) mass is 265 g/mol. The minimum absolute atomic E-state index is 0.247. The molecule has 0 aromatic carbocycles. The van der Waals surface area contributed by atoms with Crippen molar-refractivity contribution in [3.8, 4) is 0 Å². The van der Waals surface area contributed by atoms with Crippen LogP contribution in [0.4, 0.5) is 11.6 Å². The second-order valence-electron chi connectivity index (χ2n) is 5.78. The normalized spacial score (nSPS) is 11.5. The van der Waals surface area contributed by atoms with Gasteiger partial charge in [0, 0.05) is 31.7 Å². The van der Waals surface area contributed by atoms with E-state index < -0.39 is 0 Å². The first-order valence-electron chi connectivity index (χ1n) is 6.91. The lowest BCUT2D eigenvalue weighted by Gasteiger charge is -2.27. The Bertz CT molecular complexity index is 397. The van der Waals surface area contributed by atoms with Gasteiger partial charge in [0.15, 0.2) is 0 Å². The molecule has 0 aliphatic heterocycles. The Hall–Kier alpha value is -1.36. The highest BCUT2D eigenvalue weighted by Gasteiger charge is 2.16. The number of nitrogens with two attached hydrogens (primary N) is 1. The average Bonchev–Trinajstić information content (AvgIpc) is 2.26. The smallest absolute Gasteiger partial charge is 0.134 e. The molecule has 0 amide bonds. The largest absolute Gasteiger partial charge is 0.370 e. The molecule has 1 heterocycles. The van der Waals surface area contributed by atoms with Crippen molar-refractivity contribution in [1.82, 2.24) is 9.97 Å². The first kappa shape index (κ1) is 15.7. The van der Waals surface area contributed by atoms with Crippen molar-refractivity contribution in [1.29, 1.82) is 0 Å². The number of aryl methyl sites for hydroxylation is 1. The van der Waals surface area contributed by atoms with Gasteiger partial charge in [-0.25, -0.2) is 9.97 Å². The summed E-state index contributed by atoms with van der Waals surface area (Å²) in [5, 5.41) is 3.34. The second-order valence-corrected chi connectivity index (χ2v) is 5.78. The molecule has 0 saturated carbocycles. The maximum absolute atomic E-state index is 6.05. The van der Waals surface area contributed by atoms with Gasteiger partial charge in [-0.15, -0.1) is 0 Å². The fourth-order valence-corrected chi connectivity index (χ4v) is 1.92. The van der Waals surface area contributed by atoms with E-state index in [1.54, 1.807) is 0 Å². The third-order valence-electron chi connectivity index (χ3n) is 2.70. The molecule has 1 aromatic rings. The summed E-state index contributed by atoms with van der Waals surface area (Å²) in [5.41, 5.74) is 5.80. The van der Waals surface area contributed by atoms with Gasteiger partial charge in [-0.05, 0) is 27.2 Å². The molecule has 5 heteroatoms. The number of anilines is 2. The van der Waals surface area contributed by atoms with Crippen molar-refractivity contribution in [2.24, 2.45) is 5.73 Å². The molecule has 0 aliphatic rings. The van der Waals surface area contributed by atoms with Crippen molar-refractivity contribution in [2.75, 3.05) is 30.4 Å². The summed E-state index contributed by atoms with van der Waals surface area (Å²) in [6.07, 6.45) is 2.31. The molecule has 0 aliphatic carbocycles. The van der Waals surface area contributed by atoms with E-state index >= 15 is 0 Å². The van der Waals surface area contributed by atoms with Crippen LogP contribution < -0.4 is 16.0 Å². The highest BCUT2D eigenvalue weighted by atomic mass is 15.2. The van der Waals surface area contributed by atoms with Crippen LogP contribution in [0.1, 0.15) is 39.4 Å². The Morgan fingerprint density at radius 2 is 2.05 bits per heavy atom. The summed E-state index contributed by atoms with van der Waals surface area (Å²) in [6.45, 7) is 9.80. The highest BCUT2D eigenvalue weighted by molar-refractivity contribution is 5.49. The van der Waals surface area contributed by atoms with E-state index in [4.69, 9.17) is 5.73 Å². The van der Waals surface area contributed by atoms with Gasteiger partial charge in [0.25, 0.3) is 0 Å². The molecule has 1 rings (SSSR count). The Morgan fingerprint density at radius 1 is 1.37 bits per heavy atom. The molecule has 1 aromatic heterocycles. The lowest BCUT2D eigenvalue weighted by Crippen LogP contribution is -2.44. The Kier molecular flexibility index (Phi) is 5.54. The molecule has 0 bridgehead atoms. The molecule has 0 fully saturated rings. The van der Waals surface area contributed by atoms with E-state index in [1.807, 2.05) is 33.9 Å². The zero-order valence-corrected chi connectivity index (χ0v) is 12.8. The molecule has 3 N–H and O–H groups in total. The summed E-state index contributed by atoms with van der Waals surface area (Å²) >= 11 is 0. The van der Waals surface area contributed by atoms with Gasteiger partial charge in [-0.3, -0.25) is 0 Å². The van der Waals surface area contributed by atoms with Gasteiger partial charge < -0.3 is 16.0 Å². The molecular formula is C14H27N5.